The highest BCUT2D eigenvalue weighted by Crippen LogP contribution is 2.32. The summed E-state index contributed by atoms with van der Waals surface area (Å²) < 4.78 is 10.6. The molecule has 21 heavy (non-hydrogen) atoms. The zero-order valence-corrected chi connectivity index (χ0v) is 11.9. The van der Waals surface area contributed by atoms with Crippen LogP contribution in [0, 0.1) is 0 Å². The van der Waals surface area contributed by atoms with Crippen LogP contribution in [0.4, 0.5) is 0 Å². The first-order valence-electron chi connectivity index (χ1n) is 6.62. The molecule has 0 amide bonds. The summed E-state index contributed by atoms with van der Waals surface area (Å²) >= 11 is 0. The van der Waals surface area contributed by atoms with Crippen molar-refractivity contribution in [3.8, 4) is 11.5 Å². The van der Waals surface area contributed by atoms with Gasteiger partial charge in [-0.05, 0) is 17.7 Å². The second-order valence-corrected chi connectivity index (χ2v) is 4.65. The van der Waals surface area contributed by atoms with Crippen LogP contribution >= 0.6 is 0 Å². The van der Waals surface area contributed by atoms with Crippen LogP contribution in [0.3, 0.4) is 0 Å². The van der Waals surface area contributed by atoms with Crippen molar-refractivity contribution in [2.75, 3.05) is 14.2 Å². The maximum Gasteiger partial charge on any atom is 0.161 e. The van der Waals surface area contributed by atoms with Crippen LogP contribution in [0.1, 0.15) is 23.7 Å². The van der Waals surface area contributed by atoms with Crippen LogP contribution in [0.5, 0.6) is 11.5 Å². The maximum absolute atomic E-state index is 5.34. The van der Waals surface area contributed by atoms with Gasteiger partial charge in [0.25, 0.3) is 0 Å². The lowest BCUT2D eigenvalue weighted by molar-refractivity contribution is 0.354. The van der Waals surface area contributed by atoms with Crippen molar-refractivity contribution >= 4 is 5.71 Å². The third-order valence-electron chi connectivity index (χ3n) is 3.42. The Kier molecular flexibility index (Phi) is 3.68. The number of rotatable bonds is 4. The van der Waals surface area contributed by atoms with E-state index in [-0.39, 0.29) is 6.04 Å². The van der Waals surface area contributed by atoms with E-state index < -0.39 is 0 Å². The molecule has 108 valence electrons. The molecule has 2 aromatic rings. The van der Waals surface area contributed by atoms with E-state index in [4.69, 9.17) is 9.47 Å². The number of hydrazone groups is 1. The van der Waals surface area contributed by atoms with Gasteiger partial charge in [-0.1, -0.05) is 6.07 Å². The zero-order valence-electron chi connectivity index (χ0n) is 11.9. The lowest BCUT2D eigenvalue weighted by Gasteiger charge is -2.13. The first-order chi connectivity index (χ1) is 10.3. The third-order valence-corrected chi connectivity index (χ3v) is 3.42. The molecule has 3 rings (SSSR count). The van der Waals surface area contributed by atoms with E-state index in [9.17, 15) is 0 Å². The average Bonchev–Trinajstić information content (AvgIpc) is 3.05. The van der Waals surface area contributed by atoms with Crippen LogP contribution in [0.25, 0.3) is 0 Å². The SMILES string of the molecule is COc1ccc(C2CC(c3cnccn3)=NN2)cc1OC. The zero-order chi connectivity index (χ0) is 14.7. The van der Waals surface area contributed by atoms with Gasteiger partial charge in [-0.15, -0.1) is 0 Å². The summed E-state index contributed by atoms with van der Waals surface area (Å²) in [6.07, 6.45) is 5.80. The summed E-state index contributed by atoms with van der Waals surface area (Å²) in [5, 5.41) is 4.35. The molecule has 0 saturated carbocycles. The van der Waals surface area contributed by atoms with Crippen LogP contribution in [-0.4, -0.2) is 29.9 Å². The normalized spacial score (nSPS) is 17.0. The second kappa shape index (κ2) is 5.78. The van der Waals surface area contributed by atoms with Gasteiger partial charge in [-0.2, -0.15) is 5.10 Å². The molecule has 2 heterocycles. The van der Waals surface area contributed by atoms with Crippen LogP contribution in [-0.2, 0) is 0 Å². The molecule has 6 nitrogen and oxygen atoms in total. The Hall–Kier alpha value is -2.63. The van der Waals surface area contributed by atoms with Gasteiger partial charge < -0.3 is 14.9 Å². The summed E-state index contributed by atoms with van der Waals surface area (Å²) in [4.78, 5) is 8.34. The van der Waals surface area contributed by atoms with Gasteiger partial charge in [0.2, 0.25) is 0 Å². The number of hydrogen-bond acceptors (Lipinski definition) is 6. The van der Waals surface area contributed by atoms with E-state index in [1.165, 1.54) is 0 Å². The van der Waals surface area contributed by atoms with Gasteiger partial charge >= 0.3 is 0 Å². The van der Waals surface area contributed by atoms with E-state index >= 15 is 0 Å². The first-order valence-corrected chi connectivity index (χ1v) is 6.62. The topological polar surface area (TPSA) is 68.6 Å². The molecule has 0 saturated heterocycles. The summed E-state index contributed by atoms with van der Waals surface area (Å²) in [5.41, 5.74) is 5.93. The third kappa shape index (κ3) is 2.65. The van der Waals surface area contributed by atoms with E-state index in [1.807, 2.05) is 18.2 Å². The maximum atomic E-state index is 5.34. The van der Waals surface area contributed by atoms with Crippen molar-refractivity contribution in [2.24, 2.45) is 5.10 Å². The molecule has 6 heteroatoms. The smallest absolute Gasteiger partial charge is 0.161 e. The van der Waals surface area contributed by atoms with Crippen LogP contribution in [0.15, 0.2) is 41.9 Å². The summed E-state index contributed by atoms with van der Waals surface area (Å²) in [6.45, 7) is 0. The second-order valence-electron chi connectivity index (χ2n) is 4.65. The fraction of sp³-hybridized carbons (Fsp3) is 0.267. The highest BCUT2D eigenvalue weighted by molar-refractivity contribution is 5.99. The van der Waals surface area contributed by atoms with Crippen LogP contribution in [0.2, 0.25) is 0 Å². The van der Waals surface area contributed by atoms with Gasteiger partial charge in [0, 0.05) is 18.8 Å². The number of hydrogen-bond donors (Lipinski definition) is 1. The van der Waals surface area contributed by atoms with Crippen molar-refractivity contribution in [1.29, 1.82) is 0 Å². The molecular weight excluding hydrogens is 268 g/mol. The Morgan fingerprint density at radius 1 is 1.14 bits per heavy atom. The molecule has 1 unspecified atom stereocenters. The lowest BCUT2D eigenvalue weighted by atomic mass is 10.0. The summed E-state index contributed by atoms with van der Waals surface area (Å²) in [7, 11) is 3.26. The Balaban J connectivity index is 1.79. The molecule has 0 fully saturated rings. The predicted octanol–water partition coefficient (Wildman–Crippen LogP) is 1.93. The van der Waals surface area contributed by atoms with Crippen molar-refractivity contribution in [3.05, 3.63) is 48.0 Å². The number of ether oxygens (including phenoxy) is 2. The lowest BCUT2D eigenvalue weighted by Crippen LogP contribution is -2.10. The molecule has 1 aliphatic rings. The fourth-order valence-electron chi connectivity index (χ4n) is 2.31. The van der Waals surface area contributed by atoms with Gasteiger partial charge in [-0.25, -0.2) is 0 Å². The Morgan fingerprint density at radius 2 is 2.00 bits per heavy atom. The molecule has 1 aromatic carbocycles. The van der Waals surface area contributed by atoms with Crippen LogP contribution < -0.4 is 14.9 Å². The minimum Gasteiger partial charge on any atom is -0.493 e. The number of benzene rings is 1. The Morgan fingerprint density at radius 3 is 2.71 bits per heavy atom. The Bertz CT molecular complexity index is 658. The van der Waals surface area contributed by atoms with Crippen molar-refractivity contribution in [1.82, 2.24) is 15.4 Å². The molecule has 0 spiro atoms. The molecule has 0 bridgehead atoms. The van der Waals surface area contributed by atoms with Gasteiger partial charge in [-0.3, -0.25) is 9.97 Å². The minimum atomic E-state index is 0.0989. The molecule has 1 atom stereocenters. The van der Waals surface area contributed by atoms with E-state index in [0.29, 0.717) is 11.5 Å². The monoisotopic (exact) mass is 284 g/mol. The van der Waals surface area contributed by atoms with E-state index in [2.05, 4.69) is 20.5 Å². The standard InChI is InChI=1S/C15H16N4O2/c1-20-14-4-3-10(7-15(14)21-2)11-8-12(19-18-11)13-9-16-5-6-17-13/h3-7,9,11,18H,8H2,1-2H3. The van der Waals surface area contributed by atoms with E-state index in [0.717, 1.165) is 23.4 Å². The quantitative estimate of drug-likeness (QED) is 0.929. The molecule has 1 N–H and O–H groups in total. The van der Waals surface area contributed by atoms with Gasteiger partial charge in [0.15, 0.2) is 11.5 Å². The predicted molar refractivity (Wildman–Crippen MR) is 78.6 cm³/mol. The summed E-state index contributed by atoms with van der Waals surface area (Å²) in [6, 6.07) is 5.97. The molecule has 0 aliphatic carbocycles. The van der Waals surface area contributed by atoms with Crippen molar-refractivity contribution in [3.63, 3.8) is 0 Å². The van der Waals surface area contributed by atoms with Gasteiger partial charge in [0.1, 0.15) is 5.69 Å². The molecule has 1 aliphatic heterocycles. The number of aromatic nitrogens is 2. The summed E-state index contributed by atoms with van der Waals surface area (Å²) in [5.74, 6) is 1.43. The van der Waals surface area contributed by atoms with Crippen molar-refractivity contribution in [2.45, 2.75) is 12.5 Å². The highest BCUT2D eigenvalue weighted by Gasteiger charge is 2.23. The van der Waals surface area contributed by atoms with E-state index in [1.54, 1.807) is 32.8 Å². The minimum absolute atomic E-state index is 0.0989. The molecular formula is C15H16N4O2. The first kappa shape index (κ1) is 13.4. The largest absolute Gasteiger partial charge is 0.493 e. The fourth-order valence-corrected chi connectivity index (χ4v) is 2.31. The molecule has 1 aromatic heterocycles. The van der Waals surface area contributed by atoms with Crippen molar-refractivity contribution < 1.29 is 9.47 Å². The molecule has 0 radical (unpaired) electrons. The Labute approximate surface area is 122 Å². The average molecular weight is 284 g/mol. The number of nitrogens with zero attached hydrogens (tertiary/aromatic N) is 3. The number of methoxy groups -OCH3 is 2. The number of nitrogens with one attached hydrogen (secondary N) is 1. The highest BCUT2D eigenvalue weighted by atomic mass is 16.5. The van der Waals surface area contributed by atoms with Gasteiger partial charge in [0.05, 0.1) is 32.2 Å².